The summed E-state index contributed by atoms with van der Waals surface area (Å²) < 4.78 is 0. The highest BCUT2D eigenvalue weighted by molar-refractivity contribution is 4.94. The second-order valence-corrected chi connectivity index (χ2v) is 3.33. The first-order valence-electron chi connectivity index (χ1n) is 3.85. The Labute approximate surface area is 63.8 Å². The van der Waals surface area contributed by atoms with E-state index in [4.69, 9.17) is 0 Å². The highest BCUT2D eigenvalue weighted by Gasteiger charge is 2.05. The van der Waals surface area contributed by atoms with E-state index in [-0.39, 0.29) is 6.10 Å². The normalized spacial score (nSPS) is 13.4. The quantitative estimate of drug-likeness (QED) is 0.600. The minimum atomic E-state index is -0.171. The van der Waals surface area contributed by atoms with E-state index in [2.05, 4.69) is 6.08 Å². The van der Waals surface area contributed by atoms with Crippen molar-refractivity contribution in [2.75, 3.05) is 0 Å². The average Bonchev–Trinajstić information content (AvgIpc) is 1.82. The van der Waals surface area contributed by atoms with Gasteiger partial charge >= 0.3 is 0 Å². The van der Waals surface area contributed by atoms with Gasteiger partial charge in [-0.3, -0.25) is 0 Å². The monoisotopic (exact) mass is 142 g/mol. The molecule has 0 unspecified atom stereocenters. The topological polar surface area (TPSA) is 20.2 Å². The first-order chi connectivity index (χ1) is 4.54. The van der Waals surface area contributed by atoms with E-state index in [1.54, 1.807) is 0 Å². The molecule has 0 radical (unpaired) electrons. The molecule has 0 aromatic carbocycles. The third-order valence-corrected chi connectivity index (χ3v) is 1.54. The van der Waals surface area contributed by atoms with Crippen LogP contribution in [0, 0.1) is 5.92 Å². The van der Waals surface area contributed by atoms with Crippen molar-refractivity contribution in [3.8, 4) is 0 Å². The van der Waals surface area contributed by atoms with Gasteiger partial charge in [0.05, 0.1) is 6.10 Å². The zero-order valence-corrected chi connectivity index (χ0v) is 7.39. The van der Waals surface area contributed by atoms with Crippen molar-refractivity contribution in [1.82, 2.24) is 0 Å². The lowest BCUT2D eigenvalue weighted by Crippen LogP contribution is -2.12. The number of aliphatic hydroxyl groups is 1. The molecule has 0 aliphatic rings. The molecule has 0 heterocycles. The van der Waals surface area contributed by atoms with Gasteiger partial charge in [0.25, 0.3) is 0 Å². The first-order valence-corrected chi connectivity index (χ1v) is 3.85. The molecule has 0 amide bonds. The van der Waals surface area contributed by atoms with Crippen LogP contribution in [0.15, 0.2) is 11.6 Å². The van der Waals surface area contributed by atoms with E-state index >= 15 is 0 Å². The van der Waals surface area contributed by atoms with Crippen molar-refractivity contribution in [3.63, 3.8) is 0 Å². The van der Waals surface area contributed by atoms with Crippen molar-refractivity contribution in [1.29, 1.82) is 0 Å². The highest BCUT2D eigenvalue weighted by atomic mass is 16.3. The van der Waals surface area contributed by atoms with Crippen molar-refractivity contribution < 1.29 is 5.11 Å². The minimum absolute atomic E-state index is 0.171. The van der Waals surface area contributed by atoms with Crippen LogP contribution in [0.2, 0.25) is 0 Å². The van der Waals surface area contributed by atoms with Crippen LogP contribution in [0.5, 0.6) is 0 Å². The third-order valence-electron chi connectivity index (χ3n) is 1.54. The molecule has 1 atom stereocenters. The molecule has 0 saturated carbocycles. The highest BCUT2D eigenvalue weighted by Crippen LogP contribution is 2.07. The lowest BCUT2D eigenvalue weighted by atomic mass is 10.0. The van der Waals surface area contributed by atoms with Crippen LogP contribution < -0.4 is 0 Å². The molecule has 0 aromatic heterocycles. The van der Waals surface area contributed by atoms with Crippen LogP contribution in [0.25, 0.3) is 0 Å². The average molecular weight is 142 g/mol. The standard InChI is InChI=1S/C9H18O/c1-7(2)5-6-9(10)8(3)4/h5,8-10H,6H2,1-4H3/t9-/m0/s1. The molecule has 0 bridgehead atoms. The summed E-state index contributed by atoms with van der Waals surface area (Å²) in [5.41, 5.74) is 1.28. The summed E-state index contributed by atoms with van der Waals surface area (Å²) >= 11 is 0. The van der Waals surface area contributed by atoms with Crippen LogP contribution in [0.3, 0.4) is 0 Å². The molecule has 1 heteroatoms. The lowest BCUT2D eigenvalue weighted by Gasteiger charge is -2.11. The largest absolute Gasteiger partial charge is 0.393 e. The second kappa shape index (κ2) is 4.51. The van der Waals surface area contributed by atoms with E-state index in [1.807, 2.05) is 27.7 Å². The van der Waals surface area contributed by atoms with Gasteiger partial charge in [0.1, 0.15) is 0 Å². The summed E-state index contributed by atoms with van der Waals surface area (Å²) in [7, 11) is 0. The molecular weight excluding hydrogens is 124 g/mol. The Bertz CT molecular complexity index is 110. The maximum Gasteiger partial charge on any atom is 0.0597 e. The fourth-order valence-electron chi connectivity index (χ4n) is 0.629. The Morgan fingerprint density at radius 2 is 1.90 bits per heavy atom. The zero-order valence-electron chi connectivity index (χ0n) is 7.39. The van der Waals surface area contributed by atoms with E-state index < -0.39 is 0 Å². The summed E-state index contributed by atoms with van der Waals surface area (Å²) in [6.45, 7) is 8.16. The van der Waals surface area contributed by atoms with Crippen molar-refractivity contribution in [2.45, 2.75) is 40.2 Å². The maximum atomic E-state index is 9.33. The fraction of sp³-hybridized carbons (Fsp3) is 0.778. The SMILES string of the molecule is CC(C)=CC[C@H](O)C(C)C. The molecule has 1 nitrogen and oxygen atoms in total. The van der Waals surface area contributed by atoms with Crippen LogP contribution in [-0.2, 0) is 0 Å². The Kier molecular flexibility index (Phi) is 4.37. The van der Waals surface area contributed by atoms with Crippen molar-refractivity contribution >= 4 is 0 Å². The lowest BCUT2D eigenvalue weighted by molar-refractivity contribution is 0.128. The van der Waals surface area contributed by atoms with Crippen LogP contribution in [-0.4, -0.2) is 11.2 Å². The summed E-state index contributed by atoms with van der Waals surface area (Å²) in [6, 6.07) is 0. The van der Waals surface area contributed by atoms with Gasteiger partial charge in [-0.1, -0.05) is 25.5 Å². The molecule has 0 rings (SSSR count). The van der Waals surface area contributed by atoms with Gasteiger partial charge in [0, 0.05) is 0 Å². The van der Waals surface area contributed by atoms with Gasteiger partial charge in [-0.05, 0) is 26.2 Å². The Balaban J connectivity index is 3.59. The third kappa shape index (κ3) is 4.57. The van der Waals surface area contributed by atoms with E-state index in [9.17, 15) is 5.11 Å². The number of aliphatic hydroxyl groups excluding tert-OH is 1. The number of hydrogen-bond acceptors (Lipinski definition) is 1. The molecule has 0 aliphatic heterocycles. The van der Waals surface area contributed by atoms with E-state index in [1.165, 1.54) is 5.57 Å². The molecule has 0 fully saturated rings. The molecule has 0 aromatic rings. The van der Waals surface area contributed by atoms with Crippen LogP contribution in [0.4, 0.5) is 0 Å². The minimum Gasteiger partial charge on any atom is -0.393 e. The van der Waals surface area contributed by atoms with Gasteiger partial charge in [-0.15, -0.1) is 0 Å². The first kappa shape index (κ1) is 9.70. The summed E-state index contributed by atoms with van der Waals surface area (Å²) in [4.78, 5) is 0. The Morgan fingerprint density at radius 1 is 1.40 bits per heavy atom. The zero-order chi connectivity index (χ0) is 8.15. The summed E-state index contributed by atoms with van der Waals surface area (Å²) in [5, 5.41) is 9.33. The van der Waals surface area contributed by atoms with Gasteiger partial charge < -0.3 is 5.11 Å². The van der Waals surface area contributed by atoms with Gasteiger partial charge in [-0.2, -0.15) is 0 Å². The number of hydrogen-bond donors (Lipinski definition) is 1. The second-order valence-electron chi connectivity index (χ2n) is 3.33. The Morgan fingerprint density at radius 3 is 2.20 bits per heavy atom. The molecule has 10 heavy (non-hydrogen) atoms. The smallest absolute Gasteiger partial charge is 0.0597 e. The summed E-state index contributed by atoms with van der Waals surface area (Å²) in [5.74, 6) is 0.371. The molecule has 0 saturated heterocycles. The molecular formula is C9H18O. The molecule has 0 aliphatic carbocycles. The van der Waals surface area contributed by atoms with Gasteiger partial charge in [0.2, 0.25) is 0 Å². The molecule has 60 valence electrons. The number of allylic oxidation sites excluding steroid dienone is 1. The number of rotatable bonds is 3. The van der Waals surface area contributed by atoms with Crippen LogP contribution in [0.1, 0.15) is 34.1 Å². The maximum absolute atomic E-state index is 9.33. The Hall–Kier alpha value is -0.300. The molecule has 0 spiro atoms. The van der Waals surface area contributed by atoms with Gasteiger partial charge in [-0.25, -0.2) is 0 Å². The summed E-state index contributed by atoms with van der Waals surface area (Å²) in [6.07, 6.45) is 2.69. The molecule has 1 N–H and O–H groups in total. The van der Waals surface area contributed by atoms with Crippen LogP contribution >= 0.6 is 0 Å². The van der Waals surface area contributed by atoms with Crippen molar-refractivity contribution in [3.05, 3.63) is 11.6 Å². The van der Waals surface area contributed by atoms with Crippen molar-refractivity contribution in [2.24, 2.45) is 5.92 Å². The van der Waals surface area contributed by atoms with E-state index in [0.717, 1.165) is 6.42 Å². The predicted octanol–water partition coefficient (Wildman–Crippen LogP) is 2.36. The predicted molar refractivity (Wildman–Crippen MR) is 44.9 cm³/mol. The van der Waals surface area contributed by atoms with Gasteiger partial charge in [0.15, 0.2) is 0 Å². The fourth-order valence-corrected chi connectivity index (χ4v) is 0.629. The van der Waals surface area contributed by atoms with E-state index in [0.29, 0.717) is 5.92 Å².